The number of urea groups is 1. The van der Waals surface area contributed by atoms with E-state index in [1.165, 1.54) is 9.80 Å². The first-order chi connectivity index (χ1) is 9.67. The summed E-state index contributed by atoms with van der Waals surface area (Å²) in [6.07, 6.45) is -5.00. The van der Waals surface area contributed by atoms with Crippen molar-refractivity contribution in [3.63, 3.8) is 0 Å². The van der Waals surface area contributed by atoms with Gasteiger partial charge in [-0.1, -0.05) is 0 Å². The van der Waals surface area contributed by atoms with Crippen LogP contribution in [-0.2, 0) is 9.59 Å². The Morgan fingerprint density at radius 2 is 1.62 bits per heavy atom. The summed E-state index contributed by atoms with van der Waals surface area (Å²) in [5, 5.41) is 10.4. The number of carboxylic acids is 1. The van der Waals surface area contributed by atoms with Crippen molar-refractivity contribution in [1.29, 1.82) is 0 Å². The highest BCUT2D eigenvalue weighted by Crippen LogP contribution is 2.17. The van der Waals surface area contributed by atoms with Gasteiger partial charge in [0.1, 0.15) is 0 Å². The highest BCUT2D eigenvalue weighted by atomic mass is 19.4. The minimum absolute atomic E-state index is 0.0657. The van der Waals surface area contributed by atoms with Crippen LogP contribution < -0.4 is 5.32 Å². The number of hydrogen-bond acceptors (Lipinski definition) is 4. The van der Waals surface area contributed by atoms with Crippen LogP contribution in [0.5, 0.6) is 0 Å². The molecule has 1 saturated heterocycles. The molecule has 0 saturated carbocycles. The minimum atomic E-state index is -4.28. The summed E-state index contributed by atoms with van der Waals surface area (Å²) >= 11 is 0. The number of carbonyl (C=O) groups excluding carboxylic acids is 2. The van der Waals surface area contributed by atoms with Crippen LogP contribution in [0.2, 0.25) is 0 Å². The number of nitrogens with zero attached hydrogens (tertiary/aromatic N) is 2. The molecule has 0 atom stereocenters. The number of aliphatic carboxylic acids is 1. The molecular weight excluding hydrogens is 295 g/mol. The Labute approximate surface area is 118 Å². The molecule has 3 amide bonds. The van der Waals surface area contributed by atoms with Crippen LogP contribution in [0.3, 0.4) is 0 Å². The fraction of sp³-hybridized carbons (Fsp3) is 0.727. The molecule has 10 heteroatoms. The van der Waals surface area contributed by atoms with Crippen LogP contribution in [0.15, 0.2) is 0 Å². The van der Waals surface area contributed by atoms with Gasteiger partial charge in [-0.3, -0.25) is 19.8 Å². The van der Waals surface area contributed by atoms with E-state index >= 15 is 0 Å². The van der Waals surface area contributed by atoms with Gasteiger partial charge in [-0.15, -0.1) is 0 Å². The molecule has 1 rings (SSSR count). The number of halogens is 3. The Hall–Kier alpha value is -1.84. The number of amides is 3. The molecule has 21 heavy (non-hydrogen) atoms. The smallest absolute Gasteiger partial charge is 0.401 e. The molecule has 0 aromatic rings. The van der Waals surface area contributed by atoms with Crippen molar-refractivity contribution in [3.05, 3.63) is 0 Å². The Morgan fingerprint density at radius 3 is 2.10 bits per heavy atom. The summed E-state index contributed by atoms with van der Waals surface area (Å²) in [6, 6.07) is -0.711. The molecule has 7 nitrogen and oxygen atoms in total. The molecule has 0 aliphatic carbocycles. The lowest BCUT2D eigenvalue weighted by Gasteiger charge is -2.34. The maximum Gasteiger partial charge on any atom is 0.401 e. The summed E-state index contributed by atoms with van der Waals surface area (Å²) in [7, 11) is 0. The van der Waals surface area contributed by atoms with Gasteiger partial charge in [-0.25, -0.2) is 4.79 Å². The molecule has 0 aromatic carbocycles. The van der Waals surface area contributed by atoms with Crippen molar-refractivity contribution >= 4 is 17.9 Å². The van der Waals surface area contributed by atoms with Crippen LogP contribution in [0.25, 0.3) is 0 Å². The predicted molar refractivity (Wildman–Crippen MR) is 64.5 cm³/mol. The fourth-order valence-electron chi connectivity index (χ4n) is 1.84. The Bertz CT molecular complexity index is 406. The summed E-state index contributed by atoms with van der Waals surface area (Å²) in [5.41, 5.74) is 0. The van der Waals surface area contributed by atoms with Gasteiger partial charge in [0.2, 0.25) is 5.91 Å². The lowest BCUT2D eigenvalue weighted by molar-refractivity contribution is -0.148. The normalized spacial score (nSPS) is 16.6. The molecule has 0 aromatic heterocycles. The van der Waals surface area contributed by atoms with Crippen LogP contribution in [-0.4, -0.2) is 71.7 Å². The maximum atomic E-state index is 12.2. The van der Waals surface area contributed by atoms with E-state index in [4.69, 9.17) is 5.11 Å². The van der Waals surface area contributed by atoms with Gasteiger partial charge in [-0.05, 0) is 0 Å². The van der Waals surface area contributed by atoms with E-state index < -0.39 is 37.0 Å². The minimum Gasteiger partial charge on any atom is -0.481 e. The van der Waals surface area contributed by atoms with Gasteiger partial charge in [0.05, 0.1) is 13.0 Å². The zero-order valence-corrected chi connectivity index (χ0v) is 11.2. The van der Waals surface area contributed by atoms with Crippen molar-refractivity contribution < 1.29 is 32.7 Å². The van der Waals surface area contributed by atoms with Crippen molar-refractivity contribution in [2.24, 2.45) is 0 Å². The third-order valence-corrected chi connectivity index (χ3v) is 2.87. The van der Waals surface area contributed by atoms with Crippen molar-refractivity contribution in [1.82, 2.24) is 15.1 Å². The summed E-state index contributed by atoms with van der Waals surface area (Å²) in [4.78, 5) is 35.6. The van der Waals surface area contributed by atoms with Crippen molar-refractivity contribution in [2.45, 2.75) is 19.0 Å². The molecular formula is C11H16F3N3O4. The molecule has 2 N–H and O–H groups in total. The average molecular weight is 311 g/mol. The highest BCUT2D eigenvalue weighted by molar-refractivity contribution is 5.95. The second-order valence-electron chi connectivity index (χ2n) is 4.63. The topological polar surface area (TPSA) is 89.9 Å². The van der Waals surface area contributed by atoms with E-state index in [0.717, 1.165) is 0 Å². The number of imide groups is 1. The Morgan fingerprint density at radius 1 is 1.05 bits per heavy atom. The van der Waals surface area contributed by atoms with Gasteiger partial charge in [0, 0.05) is 32.6 Å². The number of carboxylic acid groups (broad SMARTS) is 1. The Kier molecular flexibility index (Phi) is 5.94. The third-order valence-electron chi connectivity index (χ3n) is 2.87. The predicted octanol–water partition coefficient (Wildman–Crippen LogP) is 0.267. The summed E-state index contributed by atoms with van der Waals surface area (Å²) in [6.45, 7) is -0.741. The molecule has 1 aliphatic heterocycles. The fourth-order valence-corrected chi connectivity index (χ4v) is 1.84. The zero-order chi connectivity index (χ0) is 16.0. The number of rotatable bonds is 4. The first kappa shape index (κ1) is 17.2. The lowest BCUT2D eigenvalue weighted by atomic mass is 10.3. The molecule has 0 unspecified atom stereocenters. The number of alkyl halides is 3. The van der Waals surface area contributed by atoms with E-state index in [-0.39, 0.29) is 32.6 Å². The maximum absolute atomic E-state index is 12.2. The molecule has 120 valence electrons. The van der Waals surface area contributed by atoms with Gasteiger partial charge < -0.3 is 10.0 Å². The number of nitrogens with one attached hydrogen (secondary N) is 1. The molecule has 1 aliphatic rings. The van der Waals surface area contributed by atoms with E-state index in [0.29, 0.717) is 0 Å². The monoisotopic (exact) mass is 311 g/mol. The lowest BCUT2D eigenvalue weighted by Crippen LogP contribution is -2.54. The highest BCUT2D eigenvalue weighted by Gasteiger charge is 2.33. The molecule has 1 fully saturated rings. The second-order valence-corrected chi connectivity index (χ2v) is 4.63. The van der Waals surface area contributed by atoms with Gasteiger partial charge in [-0.2, -0.15) is 13.2 Å². The van der Waals surface area contributed by atoms with E-state index in [1.54, 1.807) is 0 Å². The first-order valence-electron chi connectivity index (χ1n) is 6.27. The summed E-state index contributed by atoms with van der Waals surface area (Å²) < 4.78 is 36.6. The Balaban J connectivity index is 2.32. The van der Waals surface area contributed by atoms with E-state index in [2.05, 4.69) is 0 Å². The summed E-state index contributed by atoms with van der Waals surface area (Å²) in [5.74, 6) is -1.88. The van der Waals surface area contributed by atoms with E-state index in [1.807, 2.05) is 5.32 Å². The zero-order valence-electron chi connectivity index (χ0n) is 11.2. The molecule has 0 bridgehead atoms. The molecule has 1 heterocycles. The quantitative estimate of drug-likeness (QED) is 0.778. The average Bonchev–Trinajstić information content (AvgIpc) is 2.35. The van der Waals surface area contributed by atoms with E-state index in [9.17, 15) is 27.6 Å². The largest absolute Gasteiger partial charge is 0.481 e. The van der Waals surface area contributed by atoms with Crippen molar-refractivity contribution in [3.8, 4) is 0 Å². The standard InChI is InChI=1S/C11H16F3N3O4/c12-11(13,14)7-16-3-5-17(6-4-16)10(21)15-8(18)1-2-9(19)20/h1-7H2,(H,19,20)(H,15,18,21). The van der Waals surface area contributed by atoms with Gasteiger partial charge >= 0.3 is 18.2 Å². The van der Waals surface area contributed by atoms with Crippen LogP contribution in [0, 0.1) is 0 Å². The van der Waals surface area contributed by atoms with Crippen LogP contribution in [0.1, 0.15) is 12.8 Å². The number of piperazine rings is 1. The van der Waals surface area contributed by atoms with Gasteiger partial charge in [0.25, 0.3) is 0 Å². The molecule has 0 radical (unpaired) electrons. The second kappa shape index (κ2) is 7.25. The third kappa shape index (κ3) is 6.93. The van der Waals surface area contributed by atoms with Crippen LogP contribution >= 0.6 is 0 Å². The SMILES string of the molecule is O=C(O)CCC(=O)NC(=O)N1CCN(CC(F)(F)F)CC1. The molecule has 0 spiro atoms. The van der Waals surface area contributed by atoms with Crippen molar-refractivity contribution in [2.75, 3.05) is 32.7 Å². The van der Waals surface area contributed by atoms with Crippen LogP contribution in [0.4, 0.5) is 18.0 Å². The number of hydrogen-bond donors (Lipinski definition) is 2. The first-order valence-corrected chi connectivity index (χ1v) is 6.27. The number of carbonyl (C=O) groups is 3. The van der Waals surface area contributed by atoms with Gasteiger partial charge in [0.15, 0.2) is 0 Å².